The number of nitrogens with one attached hydrogen (secondary N) is 1. The fourth-order valence-corrected chi connectivity index (χ4v) is 2.54. The van der Waals surface area contributed by atoms with Crippen LogP contribution in [0.4, 0.5) is 4.79 Å². The molecule has 0 aromatic rings. The van der Waals surface area contributed by atoms with Gasteiger partial charge < -0.3 is 15.0 Å². The van der Waals surface area contributed by atoms with Crippen molar-refractivity contribution in [2.24, 2.45) is 0 Å². The average molecular weight is 316 g/mol. The van der Waals surface area contributed by atoms with E-state index in [1.165, 1.54) is 11.8 Å². The molecule has 0 spiro atoms. The van der Waals surface area contributed by atoms with Gasteiger partial charge in [0.15, 0.2) is 0 Å². The topological polar surface area (TPSA) is 75.7 Å². The van der Waals surface area contributed by atoms with Crippen LogP contribution in [0.3, 0.4) is 0 Å². The van der Waals surface area contributed by atoms with Gasteiger partial charge in [-0.1, -0.05) is 0 Å². The predicted octanol–water partition coefficient (Wildman–Crippen LogP) is 1.44. The molecule has 21 heavy (non-hydrogen) atoms. The quantitative estimate of drug-likeness (QED) is 0.777. The van der Waals surface area contributed by atoms with Gasteiger partial charge in [-0.15, -0.1) is 0 Å². The second-order valence-corrected chi connectivity index (χ2v) is 7.01. The first kappa shape index (κ1) is 17.8. The van der Waals surface area contributed by atoms with Gasteiger partial charge >= 0.3 is 6.09 Å². The van der Waals surface area contributed by atoms with Crippen LogP contribution < -0.4 is 5.32 Å². The Bertz CT molecular complexity index is 383. The Hall–Kier alpha value is -1.24. The van der Waals surface area contributed by atoms with Crippen molar-refractivity contribution in [2.75, 3.05) is 31.1 Å². The van der Waals surface area contributed by atoms with Crippen molar-refractivity contribution < 1.29 is 19.1 Å². The Kier molecular flexibility index (Phi) is 7.01. The molecule has 0 atom stereocenters. The highest BCUT2D eigenvalue weighted by Gasteiger charge is 2.20. The van der Waals surface area contributed by atoms with E-state index in [1.807, 2.05) is 20.8 Å². The fourth-order valence-electron chi connectivity index (χ4n) is 1.80. The number of piperidine rings is 1. The number of carbonyl (C=O) groups excluding carboxylic acids is 3. The summed E-state index contributed by atoms with van der Waals surface area (Å²) in [5.74, 6) is 1.32. The lowest BCUT2D eigenvalue weighted by molar-refractivity contribution is -0.132. The summed E-state index contributed by atoms with van der Waals surface area (Å²) in [7, 11) is 0. The number of hydrogen-bond donors (Lipinski definition) is 1. The summed E-state index contributed by atoms with van der Waals surface area (Å²) >= 11 is 1.47. The summed E-state index contributed by atoms with van der Waals surface area (Å²) in [4.78, 5) is 36.1. The van der Waals surface area contributed by atoms with Crippen LogP contribution in [0.25, 0.3) is 0 Å². The van der Waals surface area contributed by atoms with E-state index in [4.69, 9.17) is 4.74 Å². The zero-order chi connectivity index (χ0) is 15.9. The van der Waals surface area contributed by atoms with Crippen LogP contribution in [0.5, 0.6) is 0 Å². The van der Waals surface area contributed by atoms with Crippen molar-refractivity contribution in [3.8, 4) is 0 Å². The summed E-state index contributed by atoms with van der Waals surface area (Å²) in [5.41, 5.74) is -0.501. The molecule has 1 aliphatic heterocycles. The maximum Gasteiger partial charge on any atom is 0.407 e. The lowest BCUT2D eigenvalue weighted by Crippen LogP contribution is -2.39. The van der Waals surface area contributed by atoms with E-state index < -0.39 is 11.7 Å². The second-order valence-electron chi connectivity index (χ2n) is 5.90. The highest BCUT2D eigenvalue weighted by molar-refractivity contribution is 7.99. The Morgan fingerprint density at radius 3 is 2.48 bits per heavy atom. The molecular formula is C14H24N2O4S. The molecule has 7 heteroatoms. The van der Waals surface area contributed by atoms with E-state index in [2.05, 4.69) is 5.32 Å². The van der Waals surface area contributed by atoms with E-state index >= 15 is 0 Å². The predicted molar refractivity (Wildman–Crippen MR) is 82.4 cm³/mol. The van der Waals surface area contributed by atoms with Crippen LogP contribution in [-0.2, 0) is 14.3 Å². The summed E-state index contributed by atoms with van der Waals surface area (Å²) in [6, 6.07) is 0. The second kappa shape index (κ2) is 8.26. The number of carbonyl (C=O) groups is 3. The molecule has 120 valence electrons. The van der Waals surface area contributed by atoms with E-state index in [9.17, 15) is 14.4 Å². The molecule has 1 fully saturated rings. The largest absolute Gasteiger partial charge is 0.444 e. The van der Waals surface area contributed by atoms with Crippen molar-refractivity contribution in [1.82, 2.24) is 10.2 Å². The third kappa shape index (κ3) is 7.94. The van der Waals surface area contributed by atoms with Gasteiger partial charge in [-0.2, -0.15) is 11.8 Å². The lowest BCUT2D eigenvalue weighted by atomic mass is 10.1. The lowest BCUT2D eigenvalue weighted by Gasteiger charge is -2.25. The smallest absolute Gasteiger partial charge is 0.407 e. The van der Waals surface area contributed by atoms with E-state index in [0.29, 0.717) is 44.0 Å². The number of rotatable bonds is 5. The molecule has 0 saturated carbocycles. The van der Waals surface area contributed by atoms with Crippen LogP contribution >= 0.6 is 11.8 Å². The molecule has 2 amide bonds. The molecule has 0 bridgehead atoms. The molecule has 1 rings (SSSR count). The first-order valence-corrected chi connectivity index (χ1v) is 8.27. The third-order valence-electron chi connectivity index (χ3n) is 2.81. The van der Waals surface area contributed by atoms with Crippen LogP contribution in [0, 0.1) is 0 Å². The molecule has 1 heterocycles. The standard InChI is InChI=1S/C14H24N2O4S/c1-14(2,3)20-13(19)15-6-9-21-10-12(18)16-7-4-11(17)5-8-16/h4-10H2,1-3H3,(H,15,19). The summed E-state index contributed by atoms with van der Waals surface area (Å²) in [6.45, 7) is 6.96. The monoisotopic (exact) mass is 316 g/mol. The normalized spacial score (nSPS) is 15.8. The molecule has 0 aromatic heterocycles. The molecule has 0 aromatic carbocycles. The van der Waals surface area contributed by atoms with Gasteiger partial charge in [0.2, 0.25) is 5.91 Å². The number of thioether (sulfide) groups is 1. The number of ether oxygens (including phenoxy) is 1. The molecule has 0 radical (unpaired) electrons. The molecule has 1 saturated heterocycles. The molecule has 1 N–H and O–H groups in total. The maximum absolute atomic E-state index is 11.9. The van der Waals surface area contributed by atoms with Gasteiger partial charge in [-0.3, -0.25) is 9.59 Å². The van der Waals surface area contributed by atoms with Crippen LogP contribution in [0.2, 0.25) is 0 Å². The zero-order valence-corrected chi connectivity index (χ0v) is 13.8. The van der Waals surface area contributed by atoms with Crippen LogP contribution in [-0.4, -0.2) is 59.4 Å². The number of ketones is 1. The highest BCUT2D eigenvalue weighted by atomic mass is 32.2. The molecule has 1 aliphatic rings. The maximum atomic E-state index is 11.9. The number of likely N-dealkylation sites (tertiary alicyclic amines) is 1. The minimum absolute atomic E-state index is 0.0600. The van der Waals surface area contributed by atoms with Gasteiger partial charge in [-0.25, -0.2) is 4.79 Å². The van der Waals surface area contributed by atoms with E-state index in [-0.39, 0.29) is 11.7 Å². The summed E-state index contributed by atoms with van der Waals surface area (Å²) in [5, 5.41) is 2.65. The van der Waals surface area contributed by atoms with Gasteiger partial charge in [0.05, 0.1) is 5.75 Å². The van der Waals surface area contributed by atoms with Gasteiger partial charge in [-0.05, 0) is 20.8 Å². The summed E-state index contributed by atoms with van der Waals surface area (Å²) in [6.07, 6.45) is 0.497. The highest BCUT2D eigenvalue weighted by Crippen LogP contribution is 2.09. The number of nitrogens with zero attached hydrogens (tertiary/aromatic N) is 1. The van der Waals surface area contributed by atoms with E-state index in [1.54, 1.807) is 4.90 Å². The number of hydrogen-bond acceptors (Lipinski definition) is 5. The van der Waals surface area contributed by atoms with Crippen molar-refractivity contribution in [2.45, 2.75) is 39.2 Å². The first-order chi connectivity index (χ1) is 9.78. The Morgan fingerprint density at radius 1 is 1.29 bits per heavy atom. The summed E-state index contributed by atoms with van der Waals surface area (Å²) < 4.78 is 5.10. The third-order valence-corrected chi connectivity index (χ3v) is 3.76. The zero-order valence-electron chi connectivity index (χ0n) is 12.9. The Morgan fingerprint density at radius 2 is 1.90 bits per heavy atom. The number of amides is 2. The first-order valence-electron chi connectivity index (χ1n) is 7.12. The van der Waals surface area contributed by atoms with Gasteiger partial charge in [0.1, 0.15) is 11.4 Å². The van der Waals surface area contributed by atoms with Crippen molar-refractivity contribution in [3.05, 3.63) is 0 Å². The minimum Gasteiger partial charge on any atom is -0.444 e. The molecular weight excluding hydrogens is 292 g/mol. The Balaban J connectivity index is 2.07. The van der Waals surface area contributed by atoms with Gasteiger partial charge in [0.25, 0.3) is 0 Å². The van der Waals surface area contributed by atoms with Crippen molar-refractivity contribution in [1.29, 1.82) is 0 Å². The number of Topliss-reactive ketones (excluding diaryl/α,β-unsaturated/α-hetero) is 1. The number of alkyl carbamates (subject to hydrolysis) is 1. The van der Waals surface area contributed by atoms with Crippen molar-refractivity contribution in [3.63, 3.8) is 0 Å². The molecule has 0 aliphatic carbocycles. The average Bonchev–Trinajstić information content (AvgIpc) is 2.36. The van der Waals surface area contributed by atoms with Gasteiger partial charge in [0, 0.05) is 38.2 Å². The molecule has 6 nitrogen and oxygen atoms in total. The van der Waals surface area contributed by atoms with Crippen LogP contribution in [0.1, 0.15) is 33.6 Å². The molecule has 0 unspecified atom stereocenters. The SMILES string of the molecule is CC(C)(C)OC(=O)NCCSCC(=O)N1CCC(=O)CC1. The van der Waals surface area contributed by atoms with Crippen LogP contribution in [0.15, 0.2) is 0 Å². The minimum atomic E-state index is -0.501. The Labute approximate surface area is 130 Å². The van der Waals surface area contributed by atoms with Crippen molar-refractivity contribution >= 4 is 29.5 Å². The van der Waals surface area contributed by atoms with E-state index in [0.717, 1.165) is 0 Å². The fraction of sp³-hybridized carbons (Fsp3) is 0.786.